The number of nitrogens with zero attached hydrogens (tertiary/aromatic N) is 3. The summed E-state index contributed by atoms with van der Waals surface area (Å²) in [5.74, 6) is -4.53. The Morgan fingerprint density at radius 2 is 1.50 bits per heavy atom. The fraction of sp³-hybridized carbons (Fsp3) is 0.289. The Balaban J connectivity index is 1.24. The van der Waals surface area contributed by atoms with Gasteiger partial charge in [0.1, 0.15) is 29.8 Å². The lowest BCUT2D eigenvalue weighted by Crippen LogP contribution is -2.71. The number of hydrogen-bond acceptors (Lipinski definition) is 11. The molecule has 3 atom stereocenters. The monoisotopic (exact) mass is 754 g/mol. The molecule has 0 unspecified atom stereocenters. The van der Waals surface area contributed by atoms with Gasteiger partial charge in [-0.15, -0.1) is 11.8 Å². The summed E-state index contributed by atoms with van der Waals surface area (Å²) < 4.78 is 11.4. The summed E-state index contributed by atoms with van der Waals surface area (Å²) in [6.45, 7) is 3.03. The summed E-state index contributed by atoms with van der Waals surface area (Å²) in [7, 11) is 0. The molecule has 280 valence electrons. The molecule has 2 fully saturated rings. The van der Waals surface area contributed by atoms with E-state index in [2.05, 4.69) is 10.6 Å². The topological polar surface area (TPSA) is 198 Å². The maximum Gasteiger partial charge on any atom is 0.356 e. The van der Waals surface area contributed by atoms with Gasteiger partial charge in [0.25, 0.3) is 5.91 Å². The molecule has 0 saturated carbocycles. The Hall–Kier alpha value is -6.16. The highest BCUT2D eigenvalue weighted by molar-refractivity contribution is 8.00. The van der Waals surface area contributed by atoms with Gasteiger partial charge in [-0.25, -0.2) is 9.59 Å². The predicted molar refractivity (Wildman–Crippen MR) is 196 cm³/mol. The molecule has 0 aliphatic carbocycles. The van der Waals surface area contributed by atoms with Gasteiger partial charge >= 0.3 is 29.8 Å². The standard InChI is InChI=1S/C38H38N6O9S/c1-3-42-18-19-43(35(49)34(42)48)38(51)41-28(23-14-16-27(39)17-15-23)32(46)40-29-33(47)44-30(26(20-52-22(2)45)21-54-36(29)44)37(50)53-31(24-10-6-4-7-11-24)25-12-8-5-9-13-25/h4-17,28-29,31,36H,3,18-21,39H2,1-2H3,(H,40,46)(H,41,51)/t28-,29+,36-/m0/s1. The lowest BCUT2D eigenvalue weighted by molar-refractivity contribution is -0.155. The fourth-order valence-corrected chi connectivity index (χ4v) is 7.64. The summed E-state index contributed by atoms with van der Waals surface area (Å²) >= 11 is 1.24. The molecule has 3 aliphatic rings. The molecular formula is C38H38N6O9S. The van der Waals surface area contributed by atoms with Crippen LogP contribution in [0.15, 0.2) is 96.2 Å². The first-order valence-electron chi connectivity index (χ1n) is 17.2. The van der Waals surface area contributed by atoms with Gasteiger partial charge in [0.15, 0.2) is 6.10 Å². The van der Waals surface area contributed by atoms with Crippen LogP contribution in [0.25, 0.3) is 0 Å². The molecule has 0 spiro atoms. The van der Waals surface area contributed by atoms with E-state index in [1.54, 1.807) is 6.92 Å². The van der Waals surface area contributed by atoms with E-state index in [1.807, 2.05) is 60.7 Å². The summed E-state index contributed by atoms with van der Waals surface area (Å²) in [5, 5.41) is 4.48. The average molecular weight is 755 g/mol. The van der Waals surface area contributed by atoms with Crippen LogP contribution in [0.5, 0.6) is 0 Å². The number of esters is 2. The smallest absolute Gasteiger partial charge is 0.356 e. The van der Waals surface area contributed by atoms with Crippen LogP contribution < -0.4 is 16.4 Å². The average Bonchev–Trinajstić information content (AvgIpc) is 3.18. The molecule has 0 aromatic heterocycles. The van der Waals surface area contributed by atoms with Crippen LogP contribution >= 0.6 is 11.8 Å². The lowest BCUT2D eigenvalue weighted by atomic mass is 10.00. The molecule has 4 N–H and O–H groups in total. The maximum absolute atomic E-state index is 14.1. The Morgan fingerprint density at radius 3 is 2.09 bits per heavy atom. The molecule has 3 aromatic rings. The van der Waals surface area contributed by atoms with Gasteiger partial charge in [0.05, 0.1) is 0 Å². The van der Waals surface area contributed by atoms with Crippen molar-refractivity contribution in [1.82, 2.24) is 25.3 Å². The van der Waals surface area contributed by atoms with Crippen LogP contribution in [0.3, 0.4) is 0 Å². The highest BCUT2D eigenvalue weighted by atomic mass is 32.2. The second kappa shape index (κ2) is 16.2. The van der Waals surface area contributed by atoms with E-state index in [1.165, 1.54) is 52.8 Å². The molecule has 0 bridgehead atoms. The van der Waals surface area contributed by atoms with E-state index in [-0.39, 0.29) is 31.1 Å². The van der Waals surface area contributed by atoms with E-state index >= 15 is 0 Å². The van der Waals surface area contributed by atoms with Crippen LogP contribution in [-0.4, -0.2) is 99.7 Å². The van der Waals surface area contributed by atoms with Gasteiger partial charge in [0, 0.05) is 43.6 Å². The van der Waals surface area contributed by atoms with Crippen molar-refractivity contribution in [2.75, 3.05) is 37.7 Å². The number of nitrogens with two attached hydrogens (primary N) is 1. The normalized spacial score (nSPS) is 18.8. The highest BCUT2D eigenvalue weighted by Gasteiger charge is 2.55. The number of anilines is 1. The molecule has 6 amide bonds. The zero-order valence-electron chi connectivity index (χ0n) is 29.4. The lowest BCUT2D eigenvalue weighted by Gasteiger charge is -2.50. The van der Waals surface area contributed by atoms with Gasteiger partial charge < -0.3 is 30.7 Å². The maximum atomic E-state index is 14.1. The van der Waals surface area contributed by atoms with Gasteiger partial charge in [-0.05, 0) is 35.7 Å². The number of nitrogens with one attached hydrogen (secondary N) is 2. The molecule has 6 rings (SSSR count). The van der Waals surface area contributed by atoms with Gasteiger partial charge in [-0.2, -0.15) is 0 Å². The molecule has 2 saturated heterocycles. The number of benzene rings is 3. The second-order valence-electron chi connectivity index (χ2n) is 12.6. The number of thioether (sulfide) groups is 1. The minimum absolute atomic E-state index is 0.0780. The van der Waals surface area contributed by atoms with E-state index in [0.29, 0.717) is 34.5 Å². The van der Waals surface area contributed by atoms with E-state index in [4.69, 9.17) is 15.2 Å². The minimum Gasteiger partial charge on any atom is -0.461 e. The quantitative estimate of drug-likeness (QED) is 0.112. The van der Waals surface area contributed by atoms with Crippen LogP contribution in [-0.2, 0) is 38.2 Å². The number of amides is 6. The Bertz CT molecular complexity index is 1950. The zero-order chi connectivity index (χ0) is 38.5. The predicted octanol–water partition coefficient (Wildman–Crippen LogP) is 2.26. The van der Waals surface area contributed by atoms with Crippen molar-refractivity contribution in [2.45, 2.75) is 37.4 Å². The van der Waals surface area contributed by atoms with E-state index in [9.17, 15) is 33.6 Å². The third-order valence-electron chi connectivity index (χ3n) is 9.15. The van der Waals surface area contributed by atoms with E-state index < -0.39 is 65.2 Å². The first kappa shape index (κ1) is 37.6. The molecule has 54 heavy (non-hydrogen) atoms. The summed E-state index contributed by atoms with van der Waals surface area (Å²) in [4.78, 5) is 95.7. The van der Waals surface area contributed by atoms with Crippen molar-refractivity contribution in [2.24, 2.45) is 0 Å². The number of carbonyl (C=O) groups excluding carboxylic acids is 7. The summed E-state index contributed by atoms with van der Waals surface area (Å²) in [6, 6.07) is 20.7. The SMILES string of the molecule is CCN1CCN(C(=O)N[C@H](C(=O)N[C@@H]2C(=O)N3C(C(=O)OC(c4ccccc4)c4ccccc4)=C(COC(C)=O)CS[C@@H]23)c2ccc(N)cc2)C(=O)C1=O. The number of nitrogen functional groups attached to an aromatic ring is 1. The van der Waals surface area contributed by atoms with E-state index in [0.717, 1.165) is 4.90 Å². The molecule has 0 radical (unpaired) electrons. The molecule has 3 aliphatic heterocycles. The Labute approximate surface area is 314 Å². The minimum atomic E-state index is -1.40. The van der Waals surface area contributed by atoms with Crippen molar-refractivity contribution >= 4 is 59.0 Å². The number of urea groups is 1. The van der Waals surface area contributed by atoms with Crippen molar-refractivity contribution in [1.29, 1.82) is 0 Å². The van der Waals surface area contributed by atoms with Crippen LogP contribution in [0.2, 0.25) is 0 Å². The number of fused-ring (bicyclic) bond motifs is 1. The molecule has 3 aromatic carbocycles. The van der Waals surface area contributed by atoms with Crippen LogP contribution in [0, 0.1) is 0 Å². The molecule has 16 heteroatoms. The third kappa shape index (κ3) is 7.78. The zero-order valence-corrected chi connectivity index (χ0v) is 30.2. The van der Waals surface area contributed by atoms with Crippen LogP contribution in [0.1, 0.15) is 42.7 Å². The van der Waals surface area contributed by atoms with Crippen LogP contribution in [0.4, 0.5) is 10.5 Å². The van der Waals surface area contributed by atoms with Gasteiger partial charge in [0.2, 0.25) is 5.91 Å². The van der Waals surface area contributed by atoms with Crippen molar-refractivity contribution in [3.63, 3.8) is 0 Å². The van der Waals surface area contributed by atoms with Crippen molar-refractivity contribution in [3.05, 3.63) is 113 Å². The highest BCUT2D eigenvalue weighted by Crippen LogP contribution is 2.42. The summed E-state index contributed by atoms with van der Waals surface area (Å²) in [5.41, 5.74) is 8.18. The Morgan fingerprint density at radius 1 is 0.870 bits per heavy atom. The number of likely N-dealkylation sites (N-methyl/N-ethyl adjacent to an activating group) is 1. The first-order valence-corrected chi connectivity index (χ1v) is 18.2. The summed E-state index contributed by atoms with van der Waals surface area (Å²) in [6.07, 6.45) is -0.835. The Kier molecular flexibility index (Phi) is 11.3. The van der Waals surface area contributed by atoms with Crippen molar-refractivity contribution in [3.8, 4) is 0 Å². The molecule has 15 nitrogen and oxygen atoms in total. The fourth-order valence-electron chi connectivity index (χ4n) is 6.32. The second-order valence-corrected chi connectivity index (χ2v) is 13.7. The number of imide groups is 1. The molecule has 3 heterocycles. The number of piperazine rings is 1. The largest absolute Gasteiger partial charge is 0.461 e. The number of rotatable bonds is 11. The first-order chi connectivity index (χ1) is 26.0. The number of ether oxygens (including phenoxy) is 2. The number of carbonyl (C=O) groups is 7. The van der Waals surface area contributed by atoms with Gasteiger partial charge in [-0.1, -0.05) is 72.8 Å². The molecular weight excluding hydrogens is 717 g/mol. The number of β-lactam (4-membered cyclic amide) rings is 1. The van der Waals surface area contributed by atoms with Gasteiger partial charge in [-0.3, -0.25) is 33.8 Å². The van der Waals surface area contributed by atoms with Crippen molar-refractivity contribution < 1.29 is 43.0 Å². The number of hydrogen-bond donors (Lipinski definition) is 3. The third-order valence-corrected chi connectivity index (χ3v) is 10.5.